The minimum absolute atomic E-state index is 0.106. The Labute approximate surface area is 104 Å². The number of hydrogen-bond donors (Lipinski definition) is 1. The van der Waals surface area contributed by atoms with E-state index in [0.717, 1.165) is 30.5 Å². The molecule has 17 heavy (non-hydrogen) atoms. The first-order valence-electron chi connectivity index (χ1n) is 6.64. The zero-order chi connectivity index (χ0) is 12.4. The smallest absolute Gasteiger partial charge is 0.122 e. The highest BCUT2D eigenvalue weighted by Crippen LogP contribution is 2.29. The maximum Gasteiger partial charge on any atom is 0.122 e. The van der Waals surface area contributed by atoms with Crippen LogP contribution in [0.15, 0.2) is 16.5 Å². The molecule has 1 aromatic rings. The third kappa shape index (κ3) is 2.90. The molecule has 1 aliphatic rings. The van der Waals surface area contributed by atoms with Crippen LogP contribution in [0.1, 0.15) is 44.3 Å². The lowest BCUT2D eigenvalue weighted by Gasteiger charge is -2.37. The van der Waals surface area contributed by atoms with Crippen LogP contribution < -0.4 is 5.73 Å². The third-order valence-corrected chi connectivity index (χ3v) is 3.76. The molecular formula is C14H24N2O. The van der Waals surface area contributed by atoms with Gasteiger partial charge in [-0.05, 0) is 57.8 Å². The Morgan fingerprint density at radius 3 is 2.47 bits per heavy atom. The number of aryl methyl sites for hydroxylation is 1. The Hall–Kier alpha value is -0.800. The molecule has 3 heteroatoms. The Kier molecular flexibility index (Phi) is 3.89. The zero-order valence-corrected chi connectivity index (χ0v) is 11.1. The standard InChI is InChI=1S/C14H24N2O/c1-10-6-8-16(9-7-10)14(12(3)15)13-5-4-11(2)17-13/h4-5,10,12,14H,6-9,15H2,1-3H3. The molecule has 0 amide bonds. The molecule has 0 spiro atoms. The van der Waals surface area contributed by atoms with Crippen LogP contribution in [0.4, 0.5) is 0 Å². The van der Waals surface area contributed by atoms with Crippen LogP contribution in [-0.4, -0.2) is 24.0 Å². The molecule has 1 aliphatic heterocycles. The number of nitrogens with two attached hydrogens (primary N) is 1. The van der Waals surface area contributed by atoms with Crippen molar-refractivity contribution in [1.29, 1.82) is 0 Å². The van der Waals surface area contributed by atoms with E-state index in [-0.39, 0.29) is 12.1 Å². The first kappa shape index (κ1) is 12.7. The SMILES string of the molecule is Cc1ccc(C(C(C)N)N2CCC(C)CC2)o1. The van der Waals surface area contributed by atoms with E-state index in [1.54, 1.807) is 0 Å². The Balaban J connectivity index is 2.12. The molecule has 2 unspecified atom stereocenters. The van der Waals surface area contributed by atoms with Gasteiger partial charge in [0.15, 0.2) is 0 Å². The van der Waals surface area contributed by atoms with Crippen LogP contribution in [0.3, 0.4) is 0 Å². The summed E-state index contributed by atoms with van der Waals surface area (Å²) in [6.07, 6.45) is 2.53. The third-order valence-electron chi connectivity index (χ3n) is 3.76. The summed E-state index contributed by atoms with van der Waals surface area (Å²) < 4.78 is 5.77. The van der Waals surface area contributed by atoms with Gasteiger partial charge >= 0.3 is 0 Å². The van der Waals surface area contributed by atoms with Crippen molar-refractivity contribution in [2.75, 3.05) is 13.1 Å². The lowest BCUT2D eigenvalue weighted by atomic mass is 9.95. The molecule has 2 heterocycles. The quantitative estimate of drug-likeness (QED) is 0.877. The fraction of sp³-hybridized carbons (Fsp3) is 0.714. The van der Waals surface area contributed by atoms with E-state index >= 15 is 0 Å². The molecule has 0 radical (unpaired) electrons. The molecule has 2 atom stereocenters. The largest absolute Gasteiger partial charge is 0.465 e. The highest BCUT2D eigenvalue weighted by molar-refractivity contribution is 5.12. The molecule has 2 N–H and O–H groups in total. The summed E-state index contributed by atoms with van der Waals surface area (Å²) >= 11 is 0. The molecule has 0 bridgehead atoms. The van der Waals surface area contributed by atoms with Crippen LogP contribution >= 0.6 is 0 Å². The molecule has 1 aromatic heterocycles. The van der Waals surface area contributed by atoms with Gasteiger partial charge in [-0.2, -0.15) is 0 Å². The maximum atomic E-state index is 6.14. The first-order chi connectivity index (χ1) is 8.08. The number of hydrogen-bond acceptors (Lipinski definition) is 3. The van der Waals surface area contributed by atoms with Crippen LogP contribution in [0, 0.1) is 12.8 Å². The Bertz CT molecular complexity index is 351. The van der Waals surface area contributed by atoms with Crippen molar-refractivity contribution in [3.05, 3.63) is 23.7 Å². The molecule has 3 nitrogen and oxygen atoms in total. The van der Waals surface area contributed by atoms with Crippen LogP contribution in [0.25, 0.3) is 0 Å². The van der Waals surface area contributed by atoms with E-state index in [2.05, 4.69) is 24.8 Å². The topological polar surface area (TPSA) is 42.4 Å². The van der Waals surface area contributed by atoms with Crippen LogP contribution in [-0.2, 0) is 0 Å². The fourth-order valence-corrected chi connectivity index (χ4v) is 2.69. The van der Waals surface area contributed by atoms with Crippen molar-refractivity contribution < 1.29 is 4.42 Å². The van der Waals surface area contributed by atoms with Crippen molar-refractivity contribution >= 4 is 0 Å². The maximum absolute atomic E-state index is 6.14. The lowest BCUT2D eigenvalue weighted by molar-refractivity contribution is 0.108. The predicted octanol–water partition coefficient (Wildman–Crippen LogP) is 2.71. The molecular weight excluding hydrogens is 212 g/mol. The van der Waals surface area contributed by atoms with Gasteiger partial charge in [-0.3, -0.25) is 4.90 Å². The molecule has 96 valence electrons. The second-order valence-electron chi connectivity index (χ2n) is 5.47. The van der Waals surface area contributed by atoms with Crippen LogP contribution in [0.2, 0.25) is 0 Å². The average Bonchev–Trinajstić information content (AvgIpc) is 2.68. The van der Waals surface area contributed by atoms with E-state index in [1.165, 1.54) is 12.8 Å². The van der Waals surface area contributed by atoms with E-state index in [1.807, 2.05) is 13.0 Å². The van der Waals surface area contributed by atoms with E-state index in [0.29, 0.717) is 0 Å². The van der Waals surface area contributed by atoms with Gasteiger partial charge < -0.3 is 10.2 Å². The van der Waals surface area contributed by atoms with Gasteiger partial charge in [0.05, 0.1) is 6.04 Å². The van der Waals surface area contributed by atoms with E-state index in [9.17, 15) is 0 Å². The summed E-state index contributed by atoms with van der Waals surface area (Å²) in [5.41, 5.74) is 6.14. The summed E-state index contributed by atoms with van der Waals surface area (Å²) in [6.45, 7) is 8.65. The van der Waals surface area contributed by atoms with Crippen molar-refractivity contribution in [3.63, 3.8) is 0 Å². The van der Waals surface area contributed by atoms with Gasteiger partial charge in [0.2, 0.25) is 0 Å². The minimum Gasteiger partial charge on any atom is -0.465 e. The number of likely N-dealkylation sites (tertiary alicyclic amines) is 1. The Morgan fingerprint density at radius 2 is 2.00 bits per heavy atom. The lowest BCUT2D eigenvalue weighted by Crippen LogP contribution is -2.43. The number of rotatable bonds is 3. The molecule has 1 fully saturated rings. The van der Waals surface area contributed by atoms with Gasteiger partial charge in [-0.15, -0.1) is 0 Å². The summed E-state index contributed by atoms with van der Waals surface area (Å²) in [5, 5.41) is 0. The molecule has 0 aromatic carbocycles. The zero-order valence-electron chi connectivity index (χ0n) is 11.1. The Morgan fingerprint density at radius 1 is 1.35 bits per heavy atom. The van der Waals surface area contributed by atoms with Gasteiger partial charge in [-0.1, -0.05) is 6.92 Å². The number of nitrogens with zero attached hydrogens (tertiary/aromatic N) is 1. The average molecular weight is 236 g/mol. The summed E-state index contributed by atoms with van der Waals surface area (Å²) in [7, 11) is 0. The summed E-state index contributed by atoms with van der Waals surface area (Å²) in [5.74, 6) is 2.83. The second-order valence-corrected chi connectivity index (χ2v) is 5.47. The normalized spacial score (nSPS) is 22.6. The van der Waals surface area contributed by atoms with Crippen molar-refractivity contribution in [2.45, 2.75) is 45.7 Å². The molecule has 2 rings (SSSR count). The van der Waals surface area contributed by atoms with Gasteiger partial charge in [0, 0.05) is 6.04 Å². The second kappa shape index (κ2) is 5.23. The first-order valence-corrected chi connectivity index (χ1v) is 6.64. The predicted molar refractivity (Wildman–Crippen MR) is 69.8 cm³/mol. The van der Waals surface area contributed by atoms with Crippen molar-refractivity contribution in [1.82, 2.24) is 4.90 Å². The van der Waals surface area contributed by atoms with Crippen LogP contribution in [0.5, 0.6) is 0 Å². The van der Waals surface area contributed by atoms with Crippen molar-refractivity contribution in [3.8, 4) is 0 Å². The number of furan rings is 1. The molecule has 0 saturated carbocycles. The van der Waals surface area contributed by atoms with E-state index < -0.39 is 0 Å². The summed E-state index contributed by atoms with van der Waals surface area (Å²) in [6, 6.07) is 4.43. The molecule has 1 saturated heterocycles. The highest BCUT2D eigenvalue weighted by atomic mass is 16.3. The minimum atomic E-state index is 0.106. The van der Waals surface area contributed by atoms with Gasteiger partial charge in [-0.25, -0.2) is 0 Å². The molecule has 0 aliphatic carbocycles. The van der Waals surface area contributed by atoms with E-state index in [4.69, 9.17) is 10.2 Å². The fourth-order valence-electron chi connectivity index (χ4n) is 2.69. The summed E-state index contributed by atoms with van der Waals surface area (Å²) in [4.78, 5) is 2.48. The number of piperidine rings is 1. The van der Waals surface area contributed by atoms with Crippen molar-refractivity contribution in [2.24, 2.45) is 11.7 Å². The van der Waals surface area contributed by atoms with Gasteiger partial charge in [0.25, 0.3) is 0 Å². The van der Waals surface area contributed by atoms with Gasteiger partial charge in [0.1, 0.15) is 11.5 Å². The monoisotopic (exact) mass is 236 g/mol. The highest BCUT2D eigenvalue weighted by Gasteiger charge is 2.29.